The van der Waals surface area contributed by atoms with Gasteiger partial charge in [0.05, 0.1) is 5.69 Å². The number of nitrogens with two attached hydrogens (primary N) is 1. The molecule has 0 amide bonds. The normalized spacial score (nSPS) is 10.4. The summed E-state index contributed by atoms with van der Waals surface area (Å²) in [5, 5.41) is 7.52. The van der Waals surface area contributed by atoms with Gasteiger partial charge in [0.1, 0.15) is 11.3 Å². The Balaban J connectivity index is 2.29. The number of para-hydroxylation sites is 1. The van der Waals surface area contributed by atoms with Crippen LogP contribution in [-0.4, -0.2) is 10.2 Å². The van der Waals surface area contributed by atoms with Crippen molar-refractivity contribution in [3.8, 4) is 0 Å². The molecule has 0 unspecified atom stereocenters. The molecule has 0 aliphatic carbocycles. The van der Waals surface area contributed by atoms with Crippen molar-refractivity contribution in [3.63, 3.8) is 0 Å². The van der Waals surface area contributed by atoms with Crippen LogP contribution >= 0.6 is 23.1 Å². The summed E-state index contributed by atoms with van der Waals surface area (Å²) in [6, 6.07) is 4.71. The summed E-state index contributed by atoms with van der Waals surface area (Å²) < 4.78 is 13.8. The van der Waals surface area contributed by atoms with E-state index in [-0.39, 0.29) is 5.69 Å². The maximum Gasteiger partial charge on any atom is 0.178 e. The van der Waals surface area contributed by atoms with Gasteiger partial charge in [-0.2, -0.15) is 0 Å². The zero-order valence-corrected chi connectivity index (χ0v) is 8.61. The van der Waals surface area contributed by atoms with Crippen molar-refractivity contribution in [2.24, 2.45) is 0 Å². The Kier molecular flexibility index (Phi) is 2.64. The first-order valence-corrected chi connectivity index (χ1v) is 5.45. The second-order valence-corrected chi connectivity index (χ2v) is 4.58. The molecule has 1 aromatic heterocycles. The van der Waals surface area contributed by atoms with Crippen LogP contribution in [0.5, 0.6) is 0 Å². The Bertz CT molecular complexity index is 430. The third-order valence-electron chi connectivity index (χ3n) is 1.55. The predicted octanol–water partition coefficient (Wildman–Crippen LogP) is 2.41. The molecular formula is C8H6FN3S2. The SMILES string of the molecule is Nc1c(F)cccc1Sc1nncs1. The number of aromatic nitrogens is 2. The van der Waals surface area contributed by atoms with Crippen LogP contribution in [0.4, 0.5) is 10.1 Å². The summed E-state index contributed by atoms with van der Waals surface area (Å²) in [5.74, 6) is -0.403. The number of hydrogen-bond acceptors (Lipinski definition) is 5. The van der Waals surface area contributed by atoms with Crippen LogP contribution in [0, 0.1) is 5.82 Å². The van der Waals surface area contributed by atoms with E-state index in [0.29, 0.717) is 4.90 Å². The molecule has 0 bridgehead atoms. The largest absolute Gasteiger partial charge is 0.395 e. The van der Waals surface area contributed by atoms with Crippen molar-refractivity contribution in [3.05, 3.63) is 29.5 Å². The van der Waals surface area contributed by atoms with Crippen LogP contribution in [0.1, 0.15) is 0 Å². The summed E-state index contributed by atoms with van der Waals surface area (Å²) in [6.45, 7) is 0. The topological polar surface area (TPSA) is 51.8 Å². The summed E-state index contributed by atoms with van der Waals surface area (Å²) in [7, 11) is 0. The van der Waals surface area contributed by atoms with Crippen LogP contribution < -0.4 is 5.73 Å². The monoisotopic (exact) mass is 227 g/mol. The van der Waals surface area contributed by atoms with Crippen LogP contribution in [0.2, 0.25) is 0 Å². The van der Waals surface area contributed by atoms with Crippen molar-refractivity contribution in [1.82, 2.24) is 10.2 Å². The molecule has 14 heavy (non-hydrogen) atoms. The Morgan fingerprint density at radius 3 is 3.00 bits per heavy atom. The molecule has 2 aromatic rings. The van der Waals surface area contributed by atoms with E-state index in [1.807, 2.05) is 0 Å². The van der Waals surface area contributed by atoms with Gasteiger partial charge in [-0.1, -0.05) is 29.2 Å². The number of nitrogens with zero attached hydrogens (tertiary/aromatic N) is 2. The molecule has 2 rings (SSSR count). The predicted molar refractivity (Wildman–Crippen MR) is 54.8 cm³/mol. The molecule has 0 aliphatic rings. The molecule has 72 valence electrons. The molecule has 0 saturated heterocycles. The number of rotatable bonds is 2. The molecule has 0 saturated carbocycles. The Morgan fingerprint density at radius 2 is 2.29 bits per heavy atom. The van der Waals surface area contributed by atoms with Crippen LogP contribution in [0.3, 0.4) is 0 Å². The lowest BCUT2D eigenvalue weighted by molar-refractivity contribution is 0.629. The maximum absolute atomic E-state index is 13.0. The standard InChI is InChI=1S/C8H6FN3S2/c9-5-2-1-3-6(7(5)10)14-8-12-11-4-13-8/h1-4H,10H2. The Morgan fingerprint density at radius 1 is 1.43 bits per heavy atom. The van der Waals surface area contributed by atoms with Gasteiger partial charge in [-0.25, -0.2) is 4.39 Å². The van der Waals surface area contributed by atoms with E-state index in [1.165, 1.54) is 29.2 Å². The average molecular weight is 227 g/mol. The second-order valence-electron chi connectivity index (χ2n) is 2.46. The van der Waals surface area contributed by atoms with Crippen LogP contribution in [0.15, 0.2) is 32.9 Å². The minimum atomic E-state index is -0.403. The van der Waals surface area contributed by atoms with E-state index < -0.39 is 5.82 Å². The van der Waals surface area contributed by atoms with Gasteiger partial charge < -0.3 is 5.73 Å². The molecule has 3 nitrogen and oxygen atoms in total. The fourth-order valence-electron chi connectivity index (χ4n) is 0.908. The molecule has 0 fully saturated rings. The lowest BCUT2D eigenvalue weighted by Crippen LogP contribution is -1.92. The van der Waals surface area contributed by atoms with Gasteiger partial charge >= 0.3 is 0 Å². The van der Waals surface area contributed by atoms with Crippen molar-refractivity contribution in [1.29, 1.82) is 0 Å². The van der Waals surface area contributed by atoms with Crippen molar-refractivity contribution in [2.45, 2.75) is 9.24 Å². The third kappa shape index (κ3) is 1.85. The number of anilines is 1. The quantitative estimate of drug-likeness (QED) is 0.800. The Labute approximate surface area is 88.2 Å². The summed E-state index contributed by atoms with van der Waals surface area (Å²) >= 11 is 2.71. The van der Waals surface area contributed by atoms with Gasteiger partial charge in [0.25, 0.3) is 0 Å². The minimum absolute atomic E-state index is 0.160. The second kappa shape index (κ2) is 3.93. The lowest BCUT2D eigenvalue weighted by atomic mass is 10.3. The summed E-state index contributed by atoms with van der Waals surface area (Å²) in [5.41, 5.74) is 7.34. The molecular weight excluding hydrogens is 221 g/mol. The smallest absolute Gasteiger partial charge is 0.178 e. The number of benzene rings is 1. The van der Waals surface area contributed by atoms with E-state index in [9.17, 15) is 4.39 Å². The van der Waals surface area contributed by atoms with Gasteiger partial charge in [0.15, 0.2) is 4.34 Å². The lowest BCUT2D eigenvalue weighted by Gasteiger charge is -2.02. The fraction of sp³-hybridized carbons (Fsp3) is 0. The van der Waals surface area contributed by atoms with Gasteiger partial charge in [-0.05, 0) is 12.1 Å². The number of nitrogen functional groups attached to an aromatic ring is 1. The molecule has 1 heterocycles. The highest BCUT2D eigenvalue weighted by Gasteiger charge is 2.07. The fourth-order valence-corrected chi connectivity index (χ4v) is 2.41. The molecule has 0 spiro atoms. The summed E-state index contributed by atoms with van der Waals surface area (Å²) in [6.07, 6.45) is 0. The molecule has 6 heteroatoms. The highest BCUT2D eigenvalue weighted by molar-refractivity contribution is 8.01. The minimum Gasteiger partial charge on any atom is -0.395 e. The summed E-state index contributed by atoms with van der Waals surface area (Å²) in [4.78, 5) is 0.668. The molecule has 0 atom stereocenters. The first-order valence-electron chi connectivity index (χ1n) is 3.75. The number of hydrogen-bond donors (Lipinski definition) is 1. The molecule has 0 radical (unpaired) electrons. The van der Waals surface area contributed by atoms with Crippen molar-refractivity contribution < 1.29 is 4.39 Å². The van der Waals surface area contributed by atoms with Gasteiger partial charge in [-0.15, -0.1) is 10.2 Å². The van der Waals surface area contributed by atoms with Crippen molar-refractivity contribution in [2.75, 3.05) is 5.73 Å². The first-order chi connectivity index (χ1) is 6.77. The molecule has 2 N–H and O–H groups in total. The molecule has 0 aliphatic heterocycles. The zero-order valence-electron chi connectivity index (χ0n) is 6.98. The highest BCUT2D eigenvalue weighted by Crippen LogP contribution is 2.33. The number of halogens is 1. The van der Waals surface area contributed by atoms with E-state index >= 15 is 0 Å². The molecule has 1 aromatic carbocycles. The first kappa shape index (κ1) is 9.42. The maximum atomic E-state index is 13.0. The van der Waals surface area contributed by atoms with E-state index in [2.05, 4.69) is 10.2 Å². The van der Waals surface area contributed by atoms with Gasteiger partial charge in [-0.3, -0.25) is 0 Å². The Hall–Kier alpha value is -1.14. The van der Waals surface area contributed by atoms with E-state index in [1.54, 1.807) is 17.6 Å². The van der Waals surface area contributed by atoms with Crippen molar-refractivity contribution >= 4 is 28.8 Å². The third-order valence-corrected chi connectivity index (χ3v) is 3.40. The van der Waals surface area contributed by atoms with Gasteiger partial charge in [0, 0.05) is 4.90 Å². The van der Waals surface area contributed by atoms with Gasteiger partial charge in [0.2, 0.25) is 0 Å². The van der Waals surface area contributed by atoms with Crippen LogP contribution in [-0.2, 0) is 0 Å². The van der Waals surface area contributed by atoms with E-state index in [4.69, 9.17) is 5.73 Å². The van der Waals surface area contributed by atoms with E-state index in [0.717, 1.165) is 4.34 Å². The average Bonchev–Trinajstić information content (AvgIpc) is 2.66. The zero-order chi connectivity index (χ0) is 9.97. The van der Waals surface area contributed by atoms with Crippen LogP contribution in [0.25, 0.3) is 0 Å². The highest BCUT2D eigenvalue weighted by atomic mass is 32.2.